The first-order valence-corrected chi connectivity index (χ1v) is 16.4. The Bertz CT molecular complexity index is 2370. The van der Waals surface area contributed by atoms with Gasteiger partial charge in [-0.15, -0.1) is 20.6 Å². The summed E-state index contributed by atoms with van der Waals surface area (Å²) in [5, 5.41) is 10.1. The summed E-state index contributed by atoms with van der Waals surface area (Å²) in [5.74, 6) is 0. The number of rotatable bonds is 4. The molecule has 9 rings (SSSR count). The maximum absolute atomic E-state index is 3.70. The molecular formula is C41H28NPS. The van der Waals surface area contributed by atoms with Crippen LogP contribution in [0.25, 0.3) is 42.1 Å². The third-order valence-corrected chi connectivity index (χ3v) is 10.7. The number of fused-ring (bicyclic) bond motifs is 8. The van der Waals surface area contributed by atoms with Gasteiger partial charge in [0, 0.05) is 31.5 Å². The van der Waals surface area contributed by atoms with Crippen molar-refractivity contribution in [3.05, 3.63) is 174 Å². The lowest BCUT2D eigenvalue weighted by Gasteiger charge is -2.34. The molecule has 0 radical (unpaired) electrons. The van der Waals surface area contributed by atoms with Crippen molar-refractivity contribution in [1.82, 2.24) is 0 Å². The highest BCUT2D eigenvalue weighted by Gasteiger charge is 2.46. The number of thiophene rings is 1. The molecule has 0 aliphatic heterocycles. The summed E-state index contributed by atoms with van der Waals surface area (Å²) in [6.45, 7) is 0. The van der Waals surface area contributed by atoms with Gasteiger partial charge in [0.15, 0.2) is 0 Å². The Morgan fingerprint density at radius 1 is 0.500 bits per heavy atom. The van der Waals surface area contributed by atoms with Gasteiger partial charge in [0.25, 0.3) is 0 Å². The van der Waals surface area contributed by atoms with E-state index in [2.05, 4.69) is 166 Å². The summed E-state index contributed by atoms with van der Waals surface area (Å²) < 4.78 is 2.64. The minimum Gasteiger partial charge on any atom is -0.356 e. The van der Waals surface area contributed by atoms with Gasteiger partial charge in [-0.25, -0.2) is 0 Å². The summed E-state index contributed by atoms with van der Waals surface area (Å²) in [6, 6.07) is 55.9. The Morgan fingerprint density at radius 3 is 2.14 bits per heavy atom. The van der Waals surface area contributed by atoms with E-state index < -0.39 is 5.41 Å². The van der Waals surface area contributed by atoms with Crippen LogP contribution in [0.4, 0.5) is 11.4 Å². The van der Waals surface area contributed by atoms with Crippen LogP contribution in [0, 0.1) is 0 Å². The first kappa shape index (κ1) is 25.7. The van der Waals surface area contributed by atoms with Gasteiger partial charge in [0.1, 0.15) is 0 Å². The molecule has 0 fully saturated rings. The third kappa shape index (κ3) is 3.75. The maximum Gasteiger partial charge on any atom is 0.0713 e. The highest BCUT2D eigenvalue weighted by atomic mass is 32.1. The molecule has 1 heterocycles. The Labute approximate surface area is 263 Å². The first-order valence-electron chi connectivity index (χ1n) is 15.0. The molecular weight excluding hydrogens is 569 g/mol. The third-order valence-electron chi connectivity index (χ3n) is 9.24. The van der Waals surface area contributed by atoms with Crippen molar-refractivity contribution in [2.75, 3.05) is 5.32 Å². The standard InChI is InChI=1S/C41H28NPS/c43-31-20-21-33-35-24-30(19-23-38(35)44-39(33)25-31)42-29-17-15-28(16-18-29)41(27-9-2-1-3-10-27)36-13-7-6-12-34(36)40-32-11-5-4-8-26(32)14-22-37(40)41/h1-25,42H,43H2. The second-order valence-corrected chi connectivity index (χ2v) is 13.4. The maximum atomic E-state index is 3.70. The van der Waals surface area contributed by atoms with Crippen LogP contribution in [0.5, 0.6) is 0 Å². The quantitative estimate of drug-likeness (QED) is 0.199. The molecule has 1 aliphatic rings. The summed E-state index contributed by atoms with van der Waals surface area (Å²) in [4.78, 5) is 0. The van der Waals surface area contributed by atoms with Gasteiger partial charge in [-0.3, -0.25) is 0 Å². The van der Waals surface area contributed by atoms with Crippen LogP contribution in [-0.4, -0.2) is 0 Å². The van der Waals surface area contributed by atoms with Gasteiger partial charge in [0.2, 0.25) is 0 Å². The molecule has 1 N–H and O–H groups in total. The zero-order chi connectivity index (χ0) is 29.3. The van der Waals surface area contributed by atoms with Crippen LogP contribution < -0.4 is 10.6 Å². The fourth-order valence-corrected chi connectivity index (χ4v) is 8.88. The summed E-state index contributed by atoms with van der Waals surface area (Å²) in [5.41, 5.74) is 9.64. The summed E-state index contributed by atoms with van der Waals surface area (Å²) in [7, 11) is 2.81. The van der Waals surface area contributed by atoms with E-state index in [9.17, 15) is 0 Å². The highest BCUT2D eigenvalue weighted by Crippen LogP contribution is 2.57. The van der Waals surface area contributed by atoms with Crippen molar-refractivity contribution >= 4 is 68.2 Å². The molecule has 1 nitrogen and oxygen atoms in total. The molecule has 44 heavy (non-hydrogen) atoms. The van der Waals surface area contributed by atoms with Gasteiger partial charge in [-0.1, -0.05) is 115 Å². The molecule has 2 unspecified atom stereocenters. The van der Waals surface area contributed by atoms with E-state index in [4.69, 9.17) is 0 Å². The number of hydrogen-bond acceptors (Lipinski definition) is 2. The fourth-order valence-electron chi connectivity index (χ4n) is 7.37. The van der Waals surface area contributed by atoms with Gasteiger partial charge >= 0.3 is 0 Å². The first-order chi connectivity index (χ1) is 21.7. The molecule has 0 amide bonds. The van der Waals surface area contributed by atoms with E-state index in [1.54, 1.807) is 0 Å². The molecule has 0 saturated carbocycles. The monoisotopic (exact) mass is 597 g/mol. The Hall–Kier alpha value is -4.75. The van der Waals surface area contributed by atoms with Crippen molar-refractivity contribution in [3.8, 4) is 11.1 Å². The van der Waals surface area contributed by atoms with Crippen molar-refractivity contribution in [2.45, 2.75) is 5.41 Å². The summed E-state index contributed by atoms with van der Waals surface area (Å²) >= 11 is 1.85. The molecule has 7 aromatic carbocycles. The lowest BCUT2D eigenvalue weighted by molar-refractivity contribution is 0.769. The van der Waals surface area contributed by atoms with Crippen molar-refractivity contribution < 1.29 is 0 Å². The Balaban J connectivity index is 1.19. The van der Waals surface area contributed by atoms with Crippen LogP contribution >= 0.6 is 20.6 Å². The van der Waals surface area contributed by atoms with Gasteiger partial charge in [0.05, 0.1) is 5.41 Å². The van der Waals surface area contributed by atoms with E-state index >= 15 is 0 Å². The second-order valence-electron chi connectivity index (χ2n) is 11.6. The minimum atomic E-state index is -0.416. The average molecular weight is 598 g/mol. The smallest absolute Gasteiger partial charge is 0.0713 e. The van der Waals surface area contributed by atoms with Crippen LogP contribution in [0.2, 0.25) is 0 Å². The number of anilines is 2. The molecule has 0 bridgehead atoms. The Kier molecular flexibility index (Phi) is 5.78. The molecule has 2 atom stereocenters. The van der Waals surface area contributed by atoms with Crippen LogP contribution in [-0.2, 0) is 5.41 Å². The zero-order valence-corrected chi connectivity index (χ0v) is 25.9. The molecule has 208 valence electrons. The van der Waals surface area contributed by atoms with Gasteiger partial charge < -0.3 is 5.32 Å². The van der Waals surface area contributed by atoms with E-state index in [0.717, 1.165) is 11.4 Å². The van der Waals surface area contributed by atoms with Gasteiger partial charge in [-0.05, 0) is 85.9 Å². The number of benzene rings is 7. The molecule has 1 aromatic heterocycles. The lowest BCUT2D eigenvalue weighted by Crippen LogP contribution is -2.28. The largest absolute Gasteiger partial charge is 0.356 e. The lowest BCUT2D eigenvalue weighted by atomic mass is 9.67. The van der Waals surface area contributed by atoms with Crippen molar-refractivity contribution in [2.24, 2.45) is 0 Å². The second kappa shape index (κ2) is 9.89. The average Bonchev–Trinajstić information content (AvgIpc) is 3.58. The molecule has 0 saturated heterocycles. The van der Waals surface area contributed by atoms with Crippen LogP contribution in [0.15, 0.2) is 152 Å². The molecule has 8 aromatic rings. The molecule has 1 aliphatic carbocycles. The molecule has 0 spiro atoms. The Morgan fingerprint density at radius 2 is 1.25 bits per heavy atom. The van der Waals surface area contributed by atoms with E-state index in [0.29, 0.717) is 0 Å². The van der Waals surface area contributed by atoms with E-state index in [-0.39, 0.29) is 0 Å². The van der Waals surface area contributed by atoms with E-state index in [1.807, 2.05) is 11.3 Å². The van der Waals surface area contributed by atoms with Gasteiger partial charge in [-0.2, -0.15) is 0 Å². The van der Waals surface area contributed by atoms with Crippen molar-refractivity contribution in [3.63, 3.8) is 0 Å². The normalized spacial score (nSPS) is 15.5. The predicted molar refractivity (Wildman–Crippen MR) is 193 cm³/mol. The predicted octanol–water partition coefficient (Wildman–Crippen LogP) is 10.8. The summed E-state index contributed by atoms with van der Waals surface area (Å²) in [6.07, 6.45) is 0. The van der Waals surface area contributed by atoms with Crippen LogP contribution in [0.1, 0.15) is 22.3 Å². The number of hydrogen-bond donors (Lipinski definition) is 1. The number of nitrogens with one attached hydrogen (secondary N) is 1. The highest BCUT2D eigenvalue weighted by molar-refractivity contribution is 7.28. The molecule has 3 heteroatoms. The van der Waals surface area contributed by atoms with Crippen LogP contribution in [0.3, 0.4) is 0 Å². The fraction of sp³-hybridized carbons (Fsp3) is 0.0244. The SMILES string of the molecule is Pc1ccc2c(c1)sc1ccc(Nc3ccc(C4(c5ccccc5)c5ccccc5-c5c4ccc4ccccc54)cc3)cc12. The zero-order valence-electron chi connectivity index (χ0n) is 23.9. The topological polar surface area (TPSA) is 12.0 Å². The van der Waals surface area contributed by atoms with E-state index in [1.165, 1.54) is 69.6 Å². The minimum absolute atomic E-state index is 0.416. The van der Waals surface area contributed by atoms with Crippen molar-refractivity contribution in [1.29, 1.82) is 0 Å².